The molecule has 0 unspecified atom stereocenters. The summed E-state index contributed by atoms with van der Waals surface area (Å²) in [6, 6.07) is 0. The van der Waals surface area contributed by atoms with E-state index in [4.69, 9.17) is 0 Å². The minimum absolute atomic E-state index is 0.212. The monoisotopic (exact) mass is 186 g/mol. The summed E-state index contributed by atoms with van der Waals surface area (Å²) >= 11 is 0. The molecule has 0 aromatic carbocycles. The van der Waals surface area contributed by atoms with Crippen molar-refractivity contribution < 1.29 is 4.79 Å². The molecule has 0 aliphatic heterocycles. The highest BCUT2D eigenvalue weighted by molar-refractivity contribution is 5.81. The Balaban J connectivity index is 4.24. The smallest absolute Gasteiger partial charge is 0.250 e. The third kappa shape index (κ3) is 4.01. The lowest BCUT2D eigenvalue weighted by molar-refractivity contribution is -0.139. The SMILES string of the molecule is CCCCN(N=O)C(=O)C(C)(C)C. The first-order chi connectivity index (χ1) is 5.93. The standard InChI is InChI=1S/C9H18N2O2/c1-5-6-7-11(10-13)8(12)9(2,3)4/h5-7H2,1-4H3. The topological polar surface area (TPSA) is 49.7 Å². The Labute approximate surface area is 79.2 Å². The van der Waals surface area contributed by atoms with Crippen molar-refractivity contribution in [3.63, 3.8) is 0 Å². The van der Waals surface area contributed by atoms with Gasteiger partial charge in [0, 0.05) is 12.0 Å². The molecule has 0 aliphatic rings. The zero-order valence-corrected chi connectivity index (χ0v) is 8.83. The molecular formula is C9H18N2O2. The van der Waals surface area contributed by atoms with Crippen molar-refractivity contribution >= 4 is 5.91 Å². The Morgan fingerprint density at radius 3 is 2.23 bits per heavy atom. The number of amides is 1. The summed E-state index contributed by atoms with van der Waals surface area (Å²) in [5.41, 5.74) is -0.526. The van der Waals surface area contributed by atoms with Gasteiger partial charge >= 0.3 is 0 Å². The van der Waals surface area contributed by atoms with Crippen molar-refractivity contribution in [1.29, 1.82) is 0 Å². The Hall–Kier alpha value is -0.930. The lowest BCUT2D eigenvalue weighted by atomic mass is 9.95. The summed E-state index contributed by atoms with van der Waals surface area (Å²) in [6.07, 6.45) is 1.76. The van der Waals surface area contributed by atoms with E-state index >= 15 is 0 Å². The molecule has 0 heterocycles. The van der Waals surface area contributed by atoms with E-state index < -0.39 is 5.41 Å². The molecule has 13 heavy (non-hydrogen) atoms. The Morgan fingerprint density at radius 1 is 1.38 bits per heavy atom. The van der Waals surface area contributed by atoms with Crippen LogP contribution in [0.5, 0.6) is 0 Å². The first-order valence-corrected chi connectivity index (χ1v) is 4.58. The molecule has 76 valence electrons. The fraction of sp³-hybridized carbons (Fsp3) is 0.889. The van der Waals surface area contributed by atoms with Crippen LogP contribution in [0.25, 0.3) is 0 Å². The van der Waals surface area contributed by atoms with Crippen LogP contribution in [0.3, 0.4) is 0 Å². The van der Waals surface area contributed by atoms with Gasteiger partial charge in [0.15, 0.2) is 0 Å². The van der Waals surface area contributed by atoms with Gasteiger partial charge < -0.3 is 0 Å². The van der Waals surface area contributed by atoms with E-state index in [1.165, 1.54) is 0 Å². The van der Waals surface area contributed by atoms with Crippen molar-refractivity contribution in [3.05, 3.63) is 4.91 Å². The Kier molecular flexibility index (Phi) is 4.59. The molecule has 0 N–H and O–H groups in total. The molecule has 0 bridgehead atoms. The fourth-order valence-electron chi connectivity index (χ4n) is 0.875. The third-order valence-corrected chi connectivity index (χ3v) is 1.70. The van der Waals surface area contributed by atoms with Crippen molar-refractivity contribution in [3.8, 4) is 0 Å². The van der Waals surface area contributed by atoms with E-state index in [9.17, 15) is 9.70 Å². The van der Waals surface area contributed by atoms with Crippen LogP contribution in [-0.2, 0) is 4.79 Å². The van der Waals surface area contributed by atoms with Crippen LogP contribution in [0.4, 0.5) is 0 Å². The summed E-state index contributed by atoms with van der Waals surface area (Å²) in [6.45, 7) is 7.76. The van der Waals surface area contributed by atoms with E-state index in [0.29, 0.717) is 6.54 Å². The second-order valence-electron chi connectivity index (χ2n) is 4.11. The Bertz CT molecular complexity index is 185. The number of carbonyl (C=O) groups excluding carboxylic acids is 1. The summed E-state index contributed by atoms with van der Waals surface area (Å²) in [5.74, 6) is -0.212. The molecule has 0 aliphatic carbocycles. The molecule has 0 rings (SSSR count). The summed E-state index contributed by atoms with van der Waals surface area (Å²) in [7, 11) is 0. The molecule has 0 spiro atoms. The molecule has 4 nitrogen and oxygen atoms in total. The van der Waals surface area contributed by atoms with Crippen LogP contribution in [0.2, 0.25) is 0 Å². The van der Waals surface area contributed by atoms with Crippen molar-refractivity contribution in [2.45, 2.75) is 40.5 Å². The van der Waals surface area contributed by atoms with Gasteiger partial charge in [0.05, 0.1) is 5.29 Å². The zero-order valence-electron chi connectivity index (χ0n) is 8.83. The quantitative estimate of drug-likeness (QED) is 0.499. The predicted molar refractivity (Wildman–Crippen MR) is 51.9 cm³/mol. The third-order valence-electron chi connectivity index (χ3n) is 1.70. The van der Waals surface area contributed by atoms with Gasteiger partial charge in [-0.3, -0.25) is 4.79 Å². The highest BCUT2D eigenvalue weighted by atomic mass is 16.3. The highest BCUT2D eigenvalue weighted by Crippen LogP contribution is 2.17. The second-order valence-corrected chi connectivity index (χ2v) is 4.11. The van der Waals surface area contributed by atoms with Gasteiger partial charge in [-0.2, -0.15) is 5.01 Å². The molecule has 0 saturated heterocycles. The zero-order chi connectivity index (χ0) is 10.5. The van der Waals surface area contributed by atoms with Gasteiger partial charge in [-0.1, -0.05) is 34.1 Å². The minimum atomic E-state index is -0.526. The summed E-state index contributed by atoms with van der Waals surface area (Å²) in [5, 5.41) is 3.74. The van der Waals surface area contributed by atoms with Crippen molar-refractivity contribution in [2.75, 3.05) is 6.54 Å². The van der Waals surface area contributed by atoms with Gasteiger partial charge in [0.2, 0.25) is 0 Å². The number of carbonyl (C=O) groups is 1. The van der Waals surface area contributed by atoms with Gasteiger partial charge in [-0.05, 0) is 6.42 Å². The predicted octanol–water partition coefficient (Wildman–Crippen LogP) is 2.34. The van der Waals surface area contributed by atoms with Gasteiger partial charge in [0.25, 0.3) is 5.91 Å². The maximum Gasteiger partial charge on any atom is 0.250 e. The van der Waals surface area contributed by atoms with Gasteiger partial charge in [-0.25, -0.2) is 0 Å². The van der Waals surface area contributed by atoms with Crippen LogP contribution in [0.1, 0.15) is 40.5 Å². The Morgan fingerprint density at radius 2 is 1.92 bits per heavy atom. The number of hydrogen-bond donors (Lipinski definition) is 0. The van der Waals surface area contributed by atoms with Gasteiger partial charge in [0.1, 0.15) is 0 Å². The van der Waals surface area contributed by atoms with E-state index in [1.54, 1.807) is 20.8 Å². The number of nitroso groups, excluding NO2 is 1. The molecule has 0 atom stereocenters. The molecule has 1 amide bonds. The maximum absolute atomic E-state index is 11.5. The summed E-state index contributed by atoms with van der Waals surface area (Å²) < 4.78 is 0. The van der Waals surface area contributed by atoms with E-state index in [1.807, 2.05) is 6.92 Å². The first kappa shape index (κ1) is 12.1. The normalized spacial score (nSPS) is 11.1. The first-order valence-electron chi connectivity index (χ1n) is 4.58. The number of nitrogens with zero attached hydrogens (tertiary/aromatic N) is 2. The van der Waals surface area contributed by atoms with E-state index in [0.717, 1.165) is 17.9 Å². The molecule has 0 aromatic heterocycles. The highest BCUT2D eigenvalue weighted by Gasteiger charge is 2.27. The number of rotatable bonds is 4. The molecule has 0 aromatic rings. The number of unbranched alkanes of at least 4 members (excludes halogenated alkanes) is 1. The molecule has 0 fully saturated rings. The minimum Gasteiger partial charge on any atom is -0.272 e. The van der Waals surface area contributed by atoms with Crippen LogP contribution in [-0.4, -0.2) is 17.5 Å². The largest absolute Gasteiger partial charge is 0.272 e. The van der Waals surface area contributed by atoms with E-state index in [-0.39, 0.29) is 5.91 Å². The van der Waals surface area contributed by atoms with Crippen LogP contribution in [0, 0.1) is 10.3 Å². The van der Waals surface area contributed by atoms with Crippen molar-refractivity contribution in [1.82, 2.24) is 5.01 Å². The average molecular weight is 186 g/mol. The number of hydrogen-bond acceptors (Lipinski definition) is 3. The van der Waals surface area contributed by atoms with Crippen molar-refractivity contribution in [2.24, 2.45) is 10.7 Å². The molecular weight excluding hydrogens is 168 g/mol. The van der Waals surface area contributed by atoms with Crippen LogP contribution in [0.15, 0.2) is 5.29 Å². The average Bonchev–Trinajstić information content (AvgIpc) is 2.04. The van der Waals surface area contributed by atoms with Crippen LogP contribution >= 0.6 is 0 Å². The molecule has 4 heteroatoms. The van der Waals surface area contributed by atoms with E-state index in [2.05, 4.69) is 5.29 Å². The maximum atomic E-state index is 11.5. The van der Waals surface area contributed by atoms with Gasteiger partial charge in [-0.15, -0.1) is 4.91 Å². The fourth-order valence-corrected chi connectivity index (χ4v) is 0.875. The molecule has 0 radical (unpaired) electrons. The molecule has 0 saturated carbocycles. The van der Waals surface area contributed by atoms with Crippen LogP contribution < -0.4 is 0 Å². The lowest BCUT2D eigenvalue weighted by Gasteiger charge is -2.22. The lowest BCUT2D eigenvalue weighted by Crippen LogP contribution is -2.36. The summed E-state index contributed by atoms with van der Waals surface area (Å²) in [4.78, 5) is 21.9. The second kappa shape index (κ2) is 4.94.